The molecule has 2 aromatic heterocycles. The molecule has 1 N–H and O–H groups in total. The van der Waals surface area contributed by atoms with Crippen LogP contribution in [-0.4, -0.2) is 9.97 Å². The van der Waals surface area contributed by atoms with Crippen LogP contribution < -0.4 is 0 Å². The highest BCUT2D eigenvalue weighted by Crippen LogP contribution is 2.12. The van der Waals surface area contributed by atoms with Gasteiger partial charge >= 0.3 is 0 Å². The van der Waals surface area contributed by atoms with Gasteiger partial charge in [0.25, 0.3) is 0 Å². The van der Waals surface area contributed by atoms with Crippen molar-refractivity contribution in [3.63, 3.8) is 0 Å². The molecule has 0 saturated heterocycles. The van der Waals surface area contributed by atoms with Crippen LogP contribution in [0.3, 0.4) is 0 Å². The number of nitrogens with zero attached hydrogens (tertiary/aromatic N) is 1. The zero-order chi connectivity index (χ0) is 6.97. The van der Waals surface area contributed by atoms with Gasteiger partial charge in [-0.2, -0.15) is 0 Å². The van der Waals surface area contributed by atoms with E-state index in [9.17, 15) is 0 Å². The summed E-state index contributed by atoms with van der Waals surface area (Å²) in [6.45, 7) is 2.05. The van der Waals surface area contributed by atoms with Crippen molar-refractivity contribution >= 4 is 11.0 Å². The number of hydrogen-bond donors (Lipinski definition) is 1. The second-order valence-corrected chi connectivity index (χ2v) is 2.31. The Balaban J connectivity index is 2.95. The summed E-state index contributed by atoms with van der Waals surface area (Å²) in [6.07, 6.45) is 4.70. The SMILES string of the molecule is Cc1c[c]nc2[nH]ccc12. The molecule has 0 bridgehead atoms. The third kappa shape index (κ3) is 0.620. The van der Waals surface area contributed by atoms with Gasteiger partial charge in [-0.25, -0.2) is 4.98 Å². The summed E-state index contributed by atoms with van der Waals surface area (Å²) in [4.78, 5) is 7.04. The summed E-state index contributed by atoms with van der Waals surface area (Å²) in [5.74, 6) is 0. The van der Waals surface area contributed by atoms with Gasteiger partial charge in [0.1, 0.15) is 5.65 Å². The fourth-order valence-corrected chi connectivity index (χ4v) is 1.04. The van der Waals surface area contributed by atoms with Crippen LogP contribution in [0.5, 0.6) is 0 Å². The Morgan fingerprint density at radius 2 is 2.50 bits per heavy atom. The average molecular weight is 131 g/mol. The summed E-state index contributed by atoms with van der Waals surface area (Å²) in [5, 5.41) is 1.18. The maximum absolute atomic E-state index is 4.02. The molecular formula is C8H7N2. The van der Waals surface area contributed by atoms with Gasteiger partial charge in [0, 0.05) is 11.6 Å². The second-order valence-electron chi connectivity index (χ2n) is 2.31. The highest BCUT2D eigenvalue weighted by atomic mass is 14.8. The topological polar surface area (TPSA) is 28.7 Å². The van der Waals surface area contributed by atoms with Gasteiger partial charge in [-0.05, 0) is 24.6 Å². The van der Waals surface area contributed by atoms with E-state index in [1.165, 1.54) is 10.9 Å². The monoisotopic (exact) mass is 131 g/mol. The largest absolute Gasteiger partial charge is 0.346 e. The number of aryl methyl sites for hydroxylation is 1. The molecule has 0 atom stereocenters. The molecule has 0 spiro atoms. The Kier molecular flexibility index (Phi) is 1.01. The molecule has 10 heavy (non-hydrogen) atoms. The lowest BCUT2D eigenvalue weighted by molar-refractivity contribution is 1.30. The molecule has 0 aliphatic rings. The van der Waals surface area contributed by atoms with E-state index in [1.54, 1.807) is 0 Å². The van der Waals surface area contributed by atoms with Crippen LogP contribution in [0, 0.1) is 13.1 Å². The molecule has 0 aliphatic heterocycles. The molecule has 49 valence electrons. The first-order valence-corrected chi connectivity index (χ1v) is 3.19. The molecule has 1 radical (unpaired) electrons. The van der Waals surface area contributed by atoms with E-state index in [2.05, 4.69) is 16.2 Å². The van der Waals surface area contributed by atoms with Crippen LogP contribution in [-0.2, 0) is 0 Å². The summed E-state index contributed by atoms with van der Waals surface area (Å²) >= 11 is 0. The normalized spacial score (nSPS) is 10.5. The Morgan fingerprint density at radius 1 is 1.60 bits per heavy atom. The molecule has 0 amide bonds. The minimum atomic E-state index is 0.917. The van der Waals surface area contributed by atoms with Crippen molar-refractivity contribution in [3.8, 4) is 0 Å². The molecule has 0 aromatic carbocycles. The Morgan fingerprint density at radius 3 is 3.30 bits per heavy atom. The Labute approximate surface area is 58.9 Å². The highest BCUT2D eigenvalue weighted by molar-refractivity contribution is 5.78. The fourth-order valence-electron chi connectivity index (χ4n) is 1.04. The third-order valence-corrected chi connectivity index (χ3v) is 1.61. The second kappa shape index (κ2) is 1.84. The molecule has 0 unspecified atom stereocenters. The lowest BCUT2D eigenvalue weighted by Crippen LogP contribution is -1.77. The molecule has 2 nitrogen and oxygen atoms in total. The predicted octanol–water partition coefficient (Wildman–Crippen LogP) is 1.67. The molecular weight excluding hydrogens is 124 g/mol. The standard InChI is InChI=1S/C8H7N2/c1-6-2-4-9-8-7(6)3-5-10-8/h2-3,5H,1H3,(H,9,10). The van der Waals surface area contributed by atoms with Crippen molar-refractivity contribution in [1.29, 1.82) is 0 Å². The first-order valence-electron chi connectivity index (χ1n) is 3.19. The fraction of sp³-hybridized carbons (Fsp3) is 0.125. The van der Waals surface area contributed by atoms with Crippen LogP contribution in [0.2, 0.25) is 0 Å². The van der Waals surface area contributed by atoms with Gasteiger partial charge in [0.05, 0.1) is 6.20 Å². The Hall–Kier alpha value is -1.31. The van der Waals surface area contributed by atoms with Crippen LogP contribution in [0.1, 0.15) is 5.56 Å². The third-order valence-electron chi connectivity index (χ3n) is 1.61. The van der Waals surface area contributed by atoms with Crippen LogP contribution in [0.15, 0.2) is 18.3 Å². The van der Waals surface area contributed by atoms with Gasteiger partial charge in [0.2, 0.25) is 0 Å². The van der Waals surface area contributed by atoms with Crippen LogP contribution >= 0.6 is 0 Å². The van der Waals surface area contributed by atoms with Gasteiger partial charge in [-0.3, -0.25) is 0 Å². The summed E-state index contributed by atoms with van der Waals surface area (Å²) in [7, 11) is 0. The summed E-state index contributed by atoms with van der Waals surface area (Å²) in [5.41, 5.74) is 2.13. The van der Waals surface area contributed by atoms with E-state index >= 15 is 0 Å². The van der Waals surface area contributed by atoms with E-state index in [4.69, 9.17) is 0 Å². The lowest BCUT2D eigenvalue weighted by atomic mass is 10.2. The lowest BCUT2D eigenvalue weighted by Gasteiger charge is -1.90. The van der Waals surface area contributed by atoms with Crippen molar-refractivity contribution in [2.75, 3.05) is 0 Å². The van der Waals surface area contributed by atoms with Gasteiger partial charge < -0.3 is 4.98 Å². The van der Waals surface area contributed by atoms with E-state index in [0.29, 0.717) is 0 Å². The number of aromatic amines is 1. The number of H-pyrrole nitrogens is 1. The number of rotatable bonds is 0. The average Bonchev–Trinajstić information content (AvgIpc) is 2.36. The van der Waals surface area contributed by atoms with E-state index in [1.807, 2.05) is 25.3 Å². The van der Waals surface area contributed by atoms with E-state index < -0.39 is 0 Å². The molecule has 2 aromatic rings. The van der Waals surface area contributed by atoms with E-state index in [0.717, 1.165) is 5.65 Å². The first kappa shape index (κ1) is 5.47. The molecule has 0 aliphatic carbocycles. The van der Waals surface area contributed by atoms with E-state index in [-0.39, 0.29) is 0 Å². The van der Waals surface area contributed by atoms with Crippen molar-refractivity contribution in [3.05, 3.63) is 30.1 Å². The van der Waals surface area contributed by atoms with Gasteiger partial charge in [-0.15, -0.1) is 0 Å². The first-order chi connectivity index (χ1) is 4.88. The summed E-state index contributed by atoms with van der Waals surface area (Å²) < 4.78 is 0. The predicted molar refractivity (Wildman–Crippen MR) is 39.7 cm³/mol. The Bertz CT molecular complexity index is 349. The molecule has 0 saturated carbocycles. The van der Waals surface area contributed by atoms with Gasteiger partial charge in [-0.1, -0.05) is 0 Å². The zero-order valence-corrected chi connectivity index (χ0v) is 5.68. The number of pyridine rings is 1. The highest BCUT2D eigenvalue weighted by Gasteiger charge is 1.95. The maximum atomic E-state index is 4.02. The minimum absolute atomic E-state index is 0.917. The quantitative estimate of drug-likeness (QED) is 0.578. The summed E-state index contributed by atoms with van der Waals surface area (Å²) in [6, 6.07) is 3.90. The van der Waals surface area contributed by atoms with Crippen molar-refractivity contribution in [2.24, 2.45) is 0 Å². The zero-order valence-electron chi connectivity index (χ0n) is 5.68. The number of hydrogen-bond acceptors (Lipinski definition) is 1. The number of nitrogens with one attached hydrogen (secondary N) is 1. The number of aromatic nitrogens is 2. The van der Waals surface area contributed by atoms with Crippen molar-refractivity contribution < 1.29 is 0 Å². The molecule has 0 fully saturated rings. The van der Waals surface area contributed by atoms with Crippen LogP contribution in [0.25, 0.3) is 11.0 Å². The number of fused-ring (bicyclic) bond motifs is 1. The minimum Gasteiger partial charge on any atom is -0.346 e. The molecule has 2 rings (SSSR count). The van der Waals surface area contributed by atoms with Gasteiger partial charge in [0.15, 0.2) is 0 Å². The van der Waals surface area contributed by atoms with Crippen molar-refractivity contribution in [2.45, 2.75) is 6.92 Å². The molecule has 2 heterocycles. The maximum Gasteiger partial charge on any atom is 0.138 e. The van der Waals surface area contributed by atoms with Crippen molar-refractivity contribution in [1.82, 2.24) is 9.97 Å². The van der Waals surface area contributed by atoms with Crippen LogP contribution in [0.4, 0.5) is 0 Å². The molecule has 2 heteroatoms. The smallest absolute Gasteiger partial charge is 0.138 e.